The van der Waals surface area contributed by atoms with Crippen LogP contribution in [0, 0.1) is 0 Å². The van der Waals surface area contributed by atoms with Crippen molar-refractivity contribution in [2.24, 2.45) is 0 Å². The third-order valence-corrected chi connectivity index (χ3v) is 5.95. The van der Waals surface area contributed by atoms with E-state index < -0.39 is 5.97 Å². The van der Waals surface area contributed by atoms with Crippen molar-refractivity contribution in [1.82, 2.24) is 4.98 Å². The van der Waals surface area contributed by atoms with Crippen molar-refractivity contribution < 1.29 is 23.7 Å². The Labute approximate surface area is 196 Å². The summed E-state index contributed by atoms with van der Waals surface area (Å²) in [6, 6.07) is 20.6. The number of ether oxygens (including phenoxy) is 4. The number of esters is 1. The number of para-hydroxylation sites is 1. The minimum atomic E-state index is -0.450. The zero-order valence-corrected chi connectivity index (χ0v) is 19.0. The number of hydrogen-bond donors (Lipinski definition) is 0. The molecular weight excluding hydrogens is 438 g/mol. The van der Waals surface area contributed by atoms with Crippen LogP contribution in [0.25, 0.3) is 31.6 Å². The molecule has 170 valence electrons. The van der Waals surface area contributed by atoms with E-state index in [1.165, 1.54) is 4.70 Å². The molecule has 0 saturated carbocycles. The molecule has 4 aromatic rings. The predicted molar refractivity (Wildman–Crippen MR) is 131 cm³/mol. The van der Waals surface area contributed by atoms with E-state index in [4.69, 9.17) is 23.9 Å². The van der Waals surface area contributed by atoms with Gasteiger partial charge in [-0.1, -0.05) is 36.9 Å². The first-order valence-corrected chi connectivity index (χ1v) is 11.5. The number of fused-ring (bicyclic) bond motifs is 2. The Balaban J connectivity index is 1.21. The van der Waals surface area contributed by atoms with E-state index in [0.717, 1.165) is 38.7 Å². The largest absolute Gasteiger partial charge is 0.491 e. The molecule has 0 aliphatic heterocycles. The van der Waals surface area contributed by atoms with Crippen molar-refractivity contribution in [3.63, 3.8) is 0 Å². The molecule has 0 amide bonds. The van der Waals surface area contributed by atoms with E-state index in [-0.39, 0.29) is 6.61 Å². The SMILES string of the molecule is C=CC(=O)OCCOCCOCCOc1ccc2cc(-c3nc4ccccc4s3)ccc2c1. The number of carbonyl (C=O) groups excluding carboxylic acids is 1. The number of hydrogen-bond acceptors (Lipinski definition) is 7. The Kier molecular flexibility index (Phi) is 8.03. The third kappa shape index (κ3) is 6.38. The molecule has 3 aromatic carbocycles. The van der Waals surface area contributed by atoms with Crippen LogP contribution in [0.2, 0.25) is 0 Å². The summed E-state index contributed by atoms with van der Waals surface area (Å²) in [6.07, 6.45) is 1.13. The van der Waals surface area contributed by atoms with Crippen molar-refractivity contribution in [3.8, 4) is 16.3 Å². The molecule has 0 N–H and O–H groups in total. The maximum absolute atomic E-state index is 10.9. The first-order valence-electron chi connectivity index (χ1n) is 10.7. The van der Waals surface area contributed by atoms with Crippen molar-refractivity contribution in [3.05, 3.63) is 73.3 Å². The lowest BCUT2D eigenvalue weighted by atomic mass is 10.1. The highest BCUT2D eigenvalue weighted by Crippen LogP contribution is 2.32. The number of thiazole rings is 1. The van der Waals surface area contributed by atoms with Crippen LogP contribution in [0.3, 0.4) is 0 Å². The fourth-order valence-corrected chi connectivity index (χ4v) is 4.20. The zero-order valence-electron chi connectivity index (χ0n) is 18.2. The lowest BCUT2D eigenvalue weighted by Crippen LogP contribution is -2.13. The highest BCUT2D eigenvalue weighted by atomic mass is 32.1. The number of nitrogens with zero attached hydrogens (tertiary/aromatic N) is 1. The van der Waals surface area contributed by atoms with Gasteiger partial charge in [0.25, 0.3) is 0 Å². The van der Waals surface area contributed by atoms with Gasteiger partial charge in [-0.15, -0.1) is 11.3 Å². The quantitative estimate of drug-likeness (QED) is 0.162. The minimum absolute atomic E-state index is 0.206. The number of benzene rings is 3. The molecule has 0 bridgehead atoms. The van der Waals surface area contributed by atoms with Crippen molar-refractivity contribution in [2.75, 3.05) is 39.6 Å². The predicted octanol–water partition coefficient (Wildman–Crippen LogP) is 5.26. The Morgan fingerprint density at radius 1 is 0.879 bits per heavy atom. The topological polar surface area (TPSA) is 66.9 Å². The molecule has 4 rings (SSSR count). The molecule has 1 aromatic heterocycles. The second-order valence-electron chi connectivity index (χ2n) is 7.16. The van der Waals surface area contributed by atoms with Crippen LogP contribution in [-0.2, 0) is 19.0 Å². The average Bonchev–Trinajstić information content (AvgIpc) is 3.29. The lowest BCUT2D eigenvalue weighted by molar-refractivity contribution is -0.139. The minimum Gasteiger partial charge on any atom is -0.491 e. The summed E-state index contributed by atoms with van der Waals surface area (Å²) in [5.74, 6) is 0.355. The van der Waals surface area contributed by atoms with Gasteiger partial charge in [0.2, 0.25) is 0 Å². The van der Waals surface area contributed by atoms with Gasteiger partial charge in [-0.25, -0.2) is 9.78 Å². The van der Waals surface area contributed by atoms with Gasteiger partial charge >= 0.3 is 5.97 Å². The molecule has 0 atom stereocenters. The molecule has 0 aliphatic rings. The van der Waals surface area contributed by atoms with Crippen molar-refractivity contribution in [2.45, 2.75) is 0 Å². The van der Waals surface area contributed by atoms with Crippen LogP contribution >= 0.6 is 11.3 Å². The summed E-state index contributed by atoms with van der Waals surface area (Å²) >= 11 is 1.71. The standard InChI is InChI=1S/C26H25NO5S/c1-2-25(28)32-16-14-30-12-11-29-13-15-31-22-10-9-19-17-21(8-7-20(19)18-22)26-27-23-5-3-4-6-24(23)33-26/h2-10,17-18H,1,11-16H2. The smallest absolute Gasteiger partial charge is 0.330 e. The van der Waals surface area contributed by atoms with E-state index in [0.29, 0.717) is 33.0 Å². The van der Waals surface area contributed by atoms with E-state index in [2.05, 4.69) is 36.9 Å². The maximum atomic E-state index is 10.9. The molecule has 0 saturated heterocycles. The van der Waals surface area contributed by atoms with E-state index in [1.54, 1.807) is 11.3 Å². The second kappa shape index (κ2) is 11.6. The van der Waals surface area contributed by atoms with Crippen LogP contribution < -0.4 is 4.74 Å². The molecule has 0 spiro atoms. The normalized spacial score (nSPS) is 11.0. The van der Waals surface area contributed by atoms with Gasteiger partial charge < -0.3 is 18.9 Å². The summed E-state index contributed by atoms with van der Waals surface area (Å²) in [5.41, 5.74) is 2.15. The summed E-state index contributed by atoms with van der Waals surface area (Å²) in [4.78, 5) is 15.6. The molecule has 1 heterocycles. The van der Waals surface area contributed by atoms with E-state index >= 15 is 0 Å². The summed E-state index contributed by atoms with van der Waals surface area (Å²) in [5, 5.41) is 3.28. The number of aromatic nitrogens is 1. The van der Waals surface area contributed by atoms with Crippen LogP contribution in [0.4, 0.5) is 0 Å². The van der Waals surface area contributed by atoms with E-state index in [9.17, 15) is 4.79 Å². The molecule has 33 heavy (non-hydrogen) atoms. The summed E-state index contributed by atoms with van der Waals surface area (Å²) in [6.45, 7) is 5.65. The summed E-state index contributed by atoms with van der Waals surface area (Å²) in [7, 11) is 0. The number of rotatable bonds is 12. The van der Waals surface area contributed by atoms with Crippen molar-refractivity contribution in [1.29, 1.82) is 0 Å². The summed E-state index contributed by atoms with van der Waals surface area (Å²) < 4.78 is 22.6. The van der Waals surface area contributed by atoms with Gasteiger partial charge in [0.15, 0.2) is 0 Å². The lowest BCUT2D eigenvalue weighted by Gasteiger charge is -2.09. The second-order valence-corrected chi connectivity index (χ2v) is 8.19. The van der Waals surface area contributed by atoms with Gasteiger partial charge in [0.05, 0.1) is 36.6 Å². The monoisotopic (exact) mass is 463 g/mol. The molecule has 0 unspecified atom stereocenters. The van der Waals surface area contributed by atoms with Gasteiger partial charge in [-0.3, -0.25) is 0 Å². The van der Waals surface area contributed by atoms with Gasteiger partial charge in [-0.2, -0.15) is 0 Å². The van der Waals surface area contributed by atoms with Gasteiger partial charge in [0, 0.05) is 11.6 Å². The zero-order chi connectivity index (χ0) is 22.9. The molecule has 7 heteroatoms. The highest BCUT2D eigenvalue weighted by molar-refractivity contribution is 7.21. The highest BCUT2D eigenvalue weighted by Gasteiger charge is 2.07. The average molecular weight is 464 g/mol. The fourth-order valence-electron chi connectivity index (χ4n) is 3.24. The molecule has 6 nitrogen and oxygen atoms in total. The van der Waals surface area contributed by atoms with Gasteiger partial charge in [0.1, 0.15) is 24.0 Å². The van der Waals surface area contributed by atoms with Crippen LogP contribution in [0.1, 0.15) is 0 Å². The first kappa shape index (κ1) is 22.9. The van der Waals surface area contributed by atoms with Crippen LogP contribution in [-0.4, -0.2) is 50.6 Å². The first-order chi connectivity index (χ1) is 16.2. The third-order valence-electron chi connectivity index (χ3n) is 4.86. The van der Waals surface area contributed by atoms with Crippen molar-refractivity contribution >= 4 is 38.3 Å². The Bertz CT molecular complexity index is 1200. The Morgan fingerprint density at radius 2 is 1.61 bits per heavy atom. The maximum Gasteiger partial charge on any atom is 0.330 e. The fraction of sp³-hybridized carbons (Fsp3) is 0.231. The van der Waals surface area contributed by atoms with Crippen LogP contribution in [0.15, 0.2) is 73.3 Å². The van der Waals surface area contributed by atoms with E-state index in [1.807, 2.05) is 30.3 Å². The molecule has 0 fully saturated rings. The molecule has 0 radical (unpaired) electrons. The molecule has 0 aliphatic carbocycles. The van der Waals surface area contributed by atoms with Crippen LogP contribution in [0.5, 0.6) is 5.75 Å². The molecular formula is C26H25NO5S. The number of carbonyl (C=O) groups is 1. The Morgan fingerprint density at radius 3 is 2.42 bits per heavy atom. The van der Waals surface area contributed by atoms with Gasteiger partial charge in [-0.05, 0) is 41.1 Å². The Hall–Kier alpha value is -3.26.